The lowest BCUT2D eigenvalue weighted by Gasteiger charge is -2.22. The second-order valence-corrected chi connectivity index (χ2v) is 17.9. The van der Waals surface area contributed by atoms with Crippen LogP contribution in [0.1, 0.15) is 147 Å². The molecule has 63 heavy (non-hydrogen) atoms. The van der Waals surface area contributed by atoms with Crippen LogP contribution in [0, 0.1) is 20.7 Å². The summed E-state index contributed by atoms with van der Waals surface area (Å²) in [6.07, 6.45) is -0.778. The summed E-state index contributed by atoms with van der Waals surface area (Å²) in [6, 6.07) is 18.7. The van der Waals surface area contributed by atoms with Gasteiger partial charge in [-0.2, -0.15) is 0 Å². The highest BCUT2D eigenvalue weighted by molar-refractivity contribution is 5.97. The van der Waals surface area contributed by atoms with Gasteiger partial charge in [0.2, 0.25) is 0 Å². The summed E-state index contributed by atoms with van der Waals surface area (Å²) in [7, 11) is 0. The molecule has 0 amide bonds. The highest BCUT2D eigenvalue weighted by atomic mass is 16.3. The van der Waals surface area contributed by atoms with E-state index in [2.05, 4.69) is 4.98 Å². The Morgan fingerprint density at radius 3 is 2.11 bits per heavy atom. The van der Waals surface area contributed by atoms with Crippen molar-refractivity contribution in [2.75, 3.05) is 0 Å². The third-order valence-electron chi connectivity index (χ3n) is 11.4. The number of aromatic hydroxyl groups is 1. The second kappa shape index (κ2) is 16.5. The van der Waals surface area contributed by atoms with Gasteiger partial charge in [0.05, 0.1) is 37.6 Å². The van der Waals surface area contributed by atoms with E-state index in [4.69, 9.17) is 31.0 Å². The number of aryl methyl sites for hydroxylation is 3. The Morgan fingerprint density at radius 2 is 1.41 bits per heavy atom. The summed E-state index contributed by atoms with van der Waals surface area (Å²) in [5, 5.41) is 11.9. The number of aromatic nitrogens is 3. The minimum Gasteiger partial charge on any atom is -0.507 e. The Kier molecular flexibility index (Phi) is 6.57. The van der Waals surface area contributed by atoms with Gasteiger partial charge in [0.1, 0.15) is 11.6 Å². The van der Waals surface area contributed by atoms with Crippen LogP contribution in [0.5, 0.6) is 5.75 Å². The summed E-state index contributed by atoms with van der Waals surface area (Å²) < 4.78 is 176. The molecule has 320 valence electrons. The molecule has 0 aliphatic heterocycles. The molecule has 0 spiro atoms. The third-order valence-corrected chi connectivity index (χ3v) is 11.4. The summed E-state index contributed by atoms with van der Waals surface area (Å²) in [5.74, 6) is -0.748. The van der Waals surface area contributed by atoms with Crippen LogP contribution in [0.4, 0.5) is 0 Å². The first-order valence-corrected chi connectivity index (χ1v) is 20.8. The topological polar surface area (TPSA) is 50.9 Å². The van der Waals surface area contributed by atoms with Crippen LogP contribution in [0.3, 0.4) is 0 Å². The standard InChI is InChI=1S/C59H63N3O/c1-35(2)43-28-44(36(3)4)30-45(29-43)41-19-22-53(38(6)27-41)62-54-16-14-15-50(55(54)61-57(62)51-26-37(5)25-39(7)56(51)63)46-31-47(33-49(32-46)59(11,12)13)52-34-42(23-24-60-52)40-17-20-48(21-18-40)58(8,9)10/h14-36,63H,1-13H3/i6D3,8D3,9D3,10D3,17D,18D,20D,21D,23D,24D,34D,35D. The first kappa shape index (κ1) is 25.1. The van der Waals surface area contributed by atoms with Crippen molar-refractivity contribution in [3.05, 3.63) is 166 Å². The fraction of sp³-hybridized carbons (Fsp3) is 0.288. The van der Waals surface area contributed by atoms with Crippen molar-refractivity contribution in [1.29, 1.82) is 0 Å². The van der Waals surface area contributed by atoms with Gasteiger partial charge in [-0.1, -0.05) is 142 Å². The van der Waals surface area contributed by atoms with E-state index >= 15 is 0 Å². The number of hydrogen-bond acceptors (Lipinski definition) is 3. The number of phenolic OH excluding ortho intramolecular Hbond substituents is 1. The maximum Gasteiger partial charge on any atom is 0.149 e. The van der Waals surface area contributed by atoms with E-state index in [0.717, 1.165) is 22.3 Å². The zero-order valence-electron chi connectivity index (χ0n) is 56.9. The molecule has 2 aromatic heterocycles. The molecule has 0 radical (unpaired) electrons. The van der Waals surface area contributed by atoms with Gasteiger partial charge in [-0.05, 0) is 159 Å². The molecular formula is C59H63N3O. The normalized spacial score (nSPS) is 17.8. The largest absolute Gasteiger partial charge is 0.507 e. The average molecular weight is 850 g/mol. The van der Waals surface area contributed by atoms with Gasteiger partial charge in [0, 0.05) is 35.1 Å². The molecule has 0 bridgehead atoms. The Balaban J connectivity index is 1.42. The molecule has 8 aromatic rings. The van der Waals surface area contributed by atoms with Crippen molar-refractivity contribution in [2.45, 2.75) is 112 Å². The number of imidazole rings is 1. The first-order valence-electron chi connectivity index (χ1n) is 30.8. The molecule has 0 fully saturated rings. The van der Waals surface area contributed by atoms with Gasteiger partial charge < -0.3 is 5.11 Å². The Bertz CT molecular complexity index is 3860. The minimum absolute atomic E-state index is 0.0279. The maximum atomic E-state index is 11.9. The number of fused-ring (bicyclic) bond motifs is 1. The Hall–Kier alpha value is -6.26. The lowest BCUT2D eigenvalue weighted by Crippen LogP contribution is -2.11. The first-order chi connectivity index (χ1) is 37.9. The van der Waals surface area contributed by atoms with Gasteiger partial charge in [-0.25, -0.2) is 4.98 Å². The zero-order chi connectivity index (χ0) is 62.1. The quantitative estimate of drug-likeness (QED) is 0.166. The van der Waals surface area contributed by atoms with Crippen molar-refractivity contribution >= 4 is 11.0 Å². The monoisotopic (exact) mass is 850 g/mol. The number of rotatable bonds is 8. The molecule has 2 heterocycles. The molecular weight excluding hydrogens is 767 g/mol. The van der Waals surface area contributed by atoms with Gasteiger partial charge in [-0.15, -0.1) is 0 Å². The van der Waals surface area contributed by atoms with Crippen LogP contribution in [0.25, 0.3) is 72.7 Å². The third kappa shape index (κ3) is 8.61. The molecule has 0 saturated carbocycles. The maximum absolute atomic E-state index is 11.9. The molecule has 0 aliphatic rings. The molecule has 1 N–H and O–H groups in total. The number of phenols is 1. The predicted octanol–water partition coefficient (Wildman–Crippen LogP) is 16.2. The van der Waals surface area contributed by atoms with Crippen LogP contribution >= 0.6 is 0 Å². The Morgan fingerprint density at radius 1 is 0.667 bits per heavy atom. The highest BCUT2D eigenvalue weighted by Crippen LogP contribution is 2.42. The van der Waals surface area contributed by atoms with E-state index in [0.29, 0.717) is 44.4 Å². The fourth-order valence-electron chi connectivity index (χ4n) is 7.79. The fourth-order valence-corrected chi connectivity index (χ4v) is 7.79. The van der Waals surface area contributed by atoms with Crippen LogP contribution in [-0.4, -0.2) is 19.6 Å². The van der Waals surface area contributed by atoms with E-state index in [1.165, 1.54) is 0 Å². The summed E-state index contributed by atoms with van der Waals surface area (Å²) in [5.41, 5.74) is -0.270. The lowest BCUT2D eigenvalue weighted by molar-refractivity contribution is 0.472. The highest BCUT2D eigenvalue weighted by Gasteiger charge is 2.24. The molecule has 4 nitrogen and oxygen atoms in total. The van der Waals surface area contributed by atoms with Crippen LogP contribution in [-0.2, 0) is 10.8 Å². The Labute approximate surface area is 403 Å². The minimum atomic E-state index is -3.95. The molecule has 0 aliphatic carbocycles. The summed E-state index contributed by atoms with van der Waals surface area (Å²) >= 11 is 0. The zero-order valence-corrected chi connectivity index (χ0v) is 36.9. The van der Waals surface area contributed by atoms with Crippen molar-refractivity contribution in [3.63, 3.8) is 0 Å². The van der Waals surface area contributed by atoms with Crippen LogP contribution in [0.2, 0.25) is 0 Å². The molecule has 0 unspecified atom stereocenters. The van der Waals surface area contributed by atoms with E-state index in [1.54, 1.807) is 79.9 Å². The summed E-state index contributed by atoms with van der Waals surface area (Å²) in [6.45, 7) is 2.51. The van der Waals surface area contributed by atoms with Crippen LogP contribution in [0.15, 0.2) is 127 Å². The molecule has 0 saturated heterocycles. The average Bonchev–Trinajstić information content (AvgIpc) is 1.85. The number of pyridine rings is 1. The molecule has 0 atom stereocenters. The lowest BCUT2D eigenvalue weighted by atomic mass is 9.83. The molecule has 6 aromatic carbocycles. The van der Waals surface area contributed by atoms with Crippen LogP contribution < -0.4 is 0 Å². The van der Waals surface area contributed by atoms with Gasteiger partial charge in [0.15, 0.2) is 0 Å². The van der Waals surface area contributed by atoms with E-state index in [-0.39, 0.29) is 40.0 Å². The molecule has 8 rings (SSSR count). The summed E-state index contributed by atoms with van der Waals surface area (Å²) in [4.78, 5) is 9.62. The van der Waals surface area contributed by atoms with Crippen molar-refractivity contribution in [2.24, 2.45) is 0 Å². The van der Waals surface area contributed by atoms with Gasteiger partial charge in [0.25, 0.3) is 0 Å². The smallest absolute Gasteiger partial charge is 0.149 e. The van der Waals surface area contributed by atoms with Gasteiger partial charge in [-0.3, -0.25) is 9.55 Å². The van der Waals surface area contributed by atoms with Crippen molar-refractivity contribution < 1.29 is 32.5 Å². The van der Waals surface area contributed by atoms with E-state index in [9.17, 15) is 6.48 Å². The second-order valence-electron chi connectivity index (χ2n) is 17.9. The van der Waals surface area contributed by atoms with E-state index < -0.39 is 103 Å². The van der Waals surface area contributed by atoms with Crippen molar-refractivity contribution in [3.8, 4) is 67.5 Å². The number of nitrogens with zero attached hydrogens (tertiary/aromatic N) is 3. The SMILES string of the molecule is [2H]c1nc(-c2cc(-c3cccc4c3nc(-c3cc(C)cc(C)c3O)n4-c3ccc(-c4cc(C(C)C)cc(C([2H])(C)C)c4)cc3C([2H])([2H])[2H])cc(C(C)(C)C)c2)c([2H])c(-c2c([2H])c([2H])c(C(C([2H])([2H])[2H])(C([2H])([2H])[2H])C([2H])([2H])[2H])c([2H])c2[2H])c1[2H]. The molecule has 4 heteroatoms. The number of para-hydroxylation sites is 1. The number of benzene rings is 6. The van der Waals surface area contributed by atoms with Crippen molar-refractivity contribution in [1.82, 2.24) is 14.5 Å². The number of hydrogen-bond donors (Lipinski definition) is 1. The van der Waals surface area contributed by atoms with Gasteiger partial charge >= 0.3 is 0 Å². The predicted molar refractivity (Wildman–Crippen MR) is 267 cm³/mol. The van der Waals surface area contributed by atoms with E-state index in [1.807, 2.05) is 71.9 Å².